The predicted octanol–water partition coefficient (Wildman–Crippen LogP) is 2.39. The Morgan fingerprint density at radius 3 is 1.69 bits per heavy atom. The molecule has 0 radical (unpaired) electrons. The highest BCUT2D eigenvalue weighted by Crippen LogP contribution is 2.29. The first-order valence-corrected chi connectivity index (χ1v) is 8.04. The predicted molar refractivity (Wildman–Crippen MR) is 74.0 cm³/mol. The van der Waals surface area contributed by atoms with Gasteiger partial charge < -0.3 is 9.84 Å². The summed E-state index contributed by atoms with van der Waals surface area (Å²) in [5.74, 6) is -15.2. The normalized spacial score (nSPS) is 12.0. The average molecular weight is 405 g/mol. The SMILES string of the molecule is CC(C)(C)OC(=O)N(CC(=O)O)S(=O)(=O)c1c(F)c(F)c(F)c(F)c1F. The monoisotopic (exact) mass is 405 g/mol. The molecule has 0 spiro atoms. The van der Waals surface area contributed by atoms with Gasteiger partial charge >= 0.3 is 12.1 Å². The van der Waals surface area contributed by atoms with Crippen LogP contribution in [0.5, 0.6) is 0 Å². The van der Waals surface area contributed by atoms with Crippen molar-refractivity contribution in [2.45, 2.75) is 31.3 Å². The number of sulfonamides is 1. The lowest BCUT2D eigenvalue weighted by molar-refractivity contribution is -0.137. The Morgan fingerprint density at radius 1 is 0.962 bits per heavy atom. The third-order valence-corrected chi connectivity index (χ3v) is 4.33. The Labute approximate surface area is 144 Å². The topological polar surface area (TPSA) is 101 Å². The van der Waals surface area contributed by atoms with E-state index in [1.807, 2.05) is 0 Å². The fraction of sp³-hybridized carbons (Fsp3) is 0.385. The van der Waals surface area contributed by atoms with Gasteiger partial charge in [0.25, 0.3) is 10.0 Å². The summed E-state index contributed by atoms with van der Waals surface area (Å²) in [4.78, 5) is 20.4. The zero-order valence-electron chi connectivity index (χ0n) is 13.4. The molecule has 0 fully saturated rings. The number of carboxylic acids is 1. The number of benzene rings is 1. The van der Waals surface area contributed by atoms with Crippen molar-refractivity contribution in [2.24, 2.45) is 0 Å². The summed E-state index contributed by atoms with van der Waals surface area (Å²) in [7, 11) is -5.81. The highest BCUT2D eigenvalue weighted by atomic mass is 32.2. The minimum absolute atomic E-state index is 0.654. The van der Waals surface area contributed by atoms with Crippen molar-refractivity contribution < 1.29 is 49.8 Å². The summed E-state index contributed by atoms with van der Waals surface area (Å²) in [6.07, 6.45) is -1.89. The number of ether oxygens (including phenoxy) is 1. The molecule has 0 aliphatic carbocycles. The van der Waals surface area contributed by atoms with Gasteiger partial charge in [0.05, 0.1) is 0 Å². The molecule has 1 aromatic carbocycles. The van der Waals surface area contributed by atoms with Crippen LogP contribution < -0.4 is 0 Å². The van der Waals surface area contributed by atoms with Crippen molar-refractivity contribution >= 4 is 22.1 Å². The molecule has 0 bridgehead atoms. The molecule has 1 aromatic rings. The second-order valence-corrected chi connectivity index (χ2v) is 7.58. The van der Waals surface area contributed by atoms with Crippen LogP contribution in [0.4, 0.5) is 26.7 Å². The molecule has 0 atom stereocenters. The van der Waals surface area contributed by atoms with E-state index < -0.39 is 72.5 Å². The summed E-state index contributed by atoms with van der Waals surface area (Å²) >= 11 is 0. The average Bonchev–Trinajstić information content (AvgIpc) is 2.46. The molecule has 146 valence electrons. The van der Waals surface area contributed by atoms with Gasteiger partial charge in [-0.3, -0.25) is 4.79 Å². The summed E-state index contributed by atoms with van der Waals surface area (Å²) in [6.45, 7) is 2.09. The zero-order chi connectivity index (χ0) is 20.6. The second kappa shape index (κ2) is 7.05. The maximum Gasteiger partial charge on any atom is 0.424 e. The summed E-state index contributed by atoms with van der Waals surface area (Å²) < 4.78 is 95.6. The minimum Gasteiger partial charge on any atom is -0.480 e. The number of nitrogens with zero attached hydrogens (tertiary/aromatic N) is 1. The van der Waals surface area contributed by atoms with Crippen molar-refractivity contribution in [1.29, 1.82) is 0 Å². The molecule has 0 aliphatic rings. The summed E-state index contributed by atoms with van der Waals surface area (Å²) in [6, 6.07) is 0. The molecule has 1 N–H and O–H groups in total. The smallest absolute Gasteiger partial charge is 0.424 e. The van der Waals surface area contributed by atoms with Crippen LogP contribution >= 0.6 is 0 Å². The van der Waals surface area contributed by atoms with Gasteiger partial charge in [-0.25, -0.2) is 35.2 Å². The Bertz CT molecular complexity index is 836. The number of amides is 1. The Morgan fingerprint density at radius 2 is 1.35 bits per heavy atom. The number of rotatable bonds is 4. The Kier molecular flexibility index (Phi) is 5.86. The lowest BCUT2D eigenvalue weighted by Crippen LogP contribution is -2.44. The van der Waals surface area contributed by atoms with E-state index >= 15 is 0 Å². The van der Waals surface area contributed by atoms with Gasteiger partial charge in [-0.15, -0.1) is 0 Å². The van der Waals surface area contributed by atoms with Gasteiger partial charge in [0.15, 0.2) is 28.2 Å². The van der Waals surface area contributed by atoms with Crippen LogP contribution in [0.2, 0.25) is 0 Å². The number of carbonyl (C=O) groups is 2. The molecule has 0 aromatic heterocycles. The standard InChI is InChI=1S/C13H12F5NO6S/c1-13(2,3)25-12(22)19(4-5(20)21)26(23,24)11-9(17)7(15)6(14)8(16)10(11)18/h4H2,1-3H3,(H,20,21). The maximum atomic E-state index is 13.8. The van der Waals surface area contributed by atoms with Gasteiger partial charge in [0, 0.05) is 0 Å². The zero-order valence-corrected chi connectivity index (χ0v) is 14.3. The van der Waals surface area contributed by atoms with E-state index in [0.717, 1.165) is 0 Å². The fourth-order valence-electron chi connectivity index (χ4n) is 1.60. The van der Waals surface area contributed by atoms with Gasteiger partial charge in [-0.2, -0.15) is 4.31 Å². The van der Waals surface area contributed by atoms with Crippen LogP contribution in [-0.4, -0.2) is 42.0 Å². The number of halogens is 5. The van der Waals surface area contributed by atoms with Crippen LogP contribution in [0.3, 0.4) is 0 Å². The summed E-state index contributed by atoms with van der Waals surface area (Å²) in [5.41, 5.74) is -1.36. The largest absolute Gasteiger partial charge is 0.480 e. The lowest BCUT2D eigenvalue weighted by atomic mass is 10.2. The van der Waals surface area contributed by atoms with E-state index in [2.05, 4.69) is 4.74 Å². The van der Waals surface area contributed by atoms with Crippen LogP contribution in [0.15, 0.2) is 4.90 Å². The van der Waals surface area contributed by atoms with E-state index in [1.165, 1.54) is 20.8 Å². The van der Waals surface area contributed by atoms with Gasteiger partial charge in [0.1, 0.15) is 12.1 Å². The van der Waals surface area contributed by atoms with Gasteiger partial charge in [0.2, 0.25) is 5.82 Å². The number of carboxylic acid groups (broad SMARTS) is 1. The summed E-state index contributed by atoms with van der Waals surface area (Å²) in [5, 5.41) is 8.72. The molecule has 1 rings (SSSR count). The van der Waals surface area contributed by atoms with Crippen molar-refractivity contribution in [3.05, 3.63) is 29.1 Å². The molecule has 0 saturated heterocycles. The van der Waals surface area contributed by atoms with Gasteiger partial charge in [-0.1, -0.05) is 0 Å². The fourth-order valence-corrected chi connectivity index (χ4v) is 2.97. The van der Waals surface area contributed by atoms with Crippen LogP contribution in [0.25, 0.3) is 0 Å². The molecular weight excluding hydrogens is 393 g/mol. The number of hydrogen-bond acceptors (Lipinski definition) is 5. The molecular formula is C13H12F5NO6S. The first-order chi connectivity index (χ1) is 11.6. The minimum atomic E-state index is -5.81. The molecule has 0 saturated carbocycles. The first-order valence-electron chi connectivity index (χ1n) is 6.60. The molecule has 26 heavy (non-hydrogen) atoms. The molecule has 0 unspecified atom stereocenters. The van der Waals surface area contributed by atoms with Crippen molar-refractivity contribution in [3.8, 4) is 0 Å². The first kappa shape index (κ1) is 21.6. The lowest BCUT2D eigenvalue weighted by Gasteiger charge is -2.26. The van der Waals surface area contributed by atoms with Crippen molar-refractivity contribution in [2.75, 3.05) is 6.54 Å². The van der Waals surface area contributed by atoms with E-state index in [9.17, 15) is 40.0 Å². The van der Waals surface area contributed by atoms with Crippen LogP contribution in [0, 0.1) is 29.1 Å². The number of hydrogen-bond donors (Lipinski definition) is 1. The van der Waals surface area contributed by atoms with E-state index in [4.69, 9.17) is 5.11 Å². The highest BCUT2D eigenvalue weighted by molar-refractivity contribution is 7.89. The molecule has 13 heteroatoms. The second-order valence-electron chi connectivity index (χ2n) is 5.78. The van der Waals surface area contributed by atoms with E-state index in [-0.39, 0.29) is 0 Å². The number of carbonyl (C=O) groups excluding carboxylic acids is 1. The third-order valence-electron chi connectivity index (χ3n) is 2.59. The van der Waals surface area contributed by atoms with Crippen molar-refractivity contribution in [3.63, 3.8) is 0 Å². The molecule has 1 amide bonds. The molecule has 0 heterocycles. The maximum absolute atomic E-state index is 13.8. The van der Waals surface area contributed by atoms with E-state index in [0.29, 0.717) is 0 Å². The van der Waals surface area contributed by atoms with Crippen LogP contribution in [0.1, 0.15) is 20.8 Å². The van der Waals surface area contributed by atoms with Crippen molar-refractivity contribution in [1.82, 2.24) is 4.31 Å². The van der Waals surface area contributed by atoms with Gasteiger partial charge in [-0.05, 0) is 20.8 Å². The van der Waals surface area contributed by atoms with Crippen LogP contribution in [-0.2, 0) is 19.6 Å². The molecule has 0 aliphatic heterocycles. The molecule has 7 nitrogen and oxygen atoms in total. The Hall–Kier alpha value is -2.44. The Balaban J connectivity index is 3.67. The third kappa shape index (κ3) is 4.20. The highest BCUT2D eigenvalue weighted by Gasteiger charge is 2.41. The quantitative estimate of drug-likeness (QED) is 0.469. The van der Waals surface area contributed by atoms with E-state index in [1.54, 1.807) is 0 Å². The number of aliphatic carboxylic acids is 1.